The number of hydrogen-bond donors (Lipinski definition) is 2. The third kappa shape index (κ3) is 3.93. The van der Waals surface area contributed by atoms with Crippen LogP contribution in [0.2, 0.25) is 0 Å². The molecule has 5 heteroatoms. The number of aryl methyl sites for hydroxylation is 3. The molecule has 1 heterocycles. The van der Waals surface area contributed by atoms with Crippen molar-refractivity contribution in [3.63, 3.8) is 0 Å². The van der Waals surface area contributed by atoms with Crippen LogP contribution in [0, 0.1) is 13.8 Å². The molecule has 0 amide bonds. The Labute approximate surface area is 134 Å². The molecule has 0 fully saturated rings. The molecule has 0 aliphatic heterocycles. The Morgan fingerprint density at radius 3 is 2.52 bits per heavy atom. The summed E-state index contributed by atoms with van der Waals surface area (Å²) in [4.78, 5) is 0. The molecule has 0 aliphatic rings. The maximum Gasteiger partial charge on any atom is 0.0712 e. The summed E-state index contributed by atoms with van der Waals surface area (Å²) >= 11 is 3.59. The molecule has 1 atom stereocenters. The van der Waals surface area contributed by atoms with Gasteiger partial charge in [0.1, 0.15) is 0 Å². The average Bonchev–Trinajstić information content (AvgIpc) is 2.77. The first kappa shape index (κ1) is 16.2. The molecule has 2 aromatic rings. The van der Waals surface area contributed by atoms with Crippen LogP contribution in [0.3, 0.4) is 0 Å². The molecule has 114 valence electrons. The van der Waals surface area contributed by atoms with Crippen LogP contribution in [0.1, 0.15) is 41.8 Å². The topological polar surface area (TPSA) is 55.9 Å². The Bertz CT molecular complexity index is 586. The van der Waals surface area contributed by atoms with Gasteiger partial charge in [0.25, 0.3) is 0 Å². The van der Waals surface area contributed by atoms with Crippen LogP contribution in [0.25, 0.3) is 0 Å². The lowest BCUT2D eigenvalue weighted by Crippen LogP contribution is -2.31. The van der Waals surface area contributed by atoms with Crippen molar-refractivity contribution in [3.8, 4) is 0 Å². The number of nitrogens with two attached hydrogens (primary N) is 1. The Morgan fingerprint density at radius 2 is 1.95 bits per heavy atom. The third-order valence-corrected chi connectivity index (χ3v) is 4.13. The van der Waals surface area contributed by atoms with Gasteiger partial charge in [-0.3, -0.25) is 16.0 Å². The van der Waals surface area contributed by atoms with Gasteiger partial charge in [-0.15, -0.1) is 0 Å². The second-order valence-corrected chi connectivity index (χ2v) is 6.37. The van der Waals surface area contributed by atoms with Crippen LogP contribution in [0.4, 0.5) is 0 Å². The molecule has 1 aromatic carbocycles. The predicted octanol–water partition coefficient (Wildman–Crippen LogP) is 3.42. The monoisotopic (exact) mass is 350 g/mol. The summed E-state index contributed by atoms with van der Waals surface area (Å²) in [6.45, 7) is 7.29. The average molecular weight is 351 g/mol. The Morgan fingerprint density at radius 1 is 1.29 bits per heavy atom. The maximum absolute atomic E-state index is 5.81. The first-order valence-electron chi connectivity index (χ1n) is 7.29. The zero-order valence-electron chi connectivity index (χ0n) is 12.9. The van der Waals surface area contributed by atoms with Crippen molar-refractivity contribution in [1.82, 2.24) is 15.2 Å². The van der Waals surface area contributed by atoms with E-state index < -0.39 is 0 Å². The Balaban J connectivity index is 2.29. The van der Waals surface area contributed by atoms with Gasteiger partial charge in [0.05, 0.1) is 22.4 Å². The van der Waals surface area contributed by atoms with Crippen LogP contribution >= 0.6 is 15.9 Å². The minimum atomic E-state index is 0.0367. The third-order valence-electron chi connectivity index (χ3n) is 3.52. The Hall–Kier alpha value is -1.17. The molecule has 0 aliphatic carbocycles. The zero-order valence-corrected chi connectivity index (χ0v) is 14.4. The van der Waals surface area contributed by atoms with E-state index in [9.17, 15) is 0 Å². The van der Waals surface area contributed by atoms with E-state index in [2.05, 4.69) is 65.4 Å². The molecule has 0 bridgehead atoms. The van der Waals surface area contributed by atoms with Crippen molar-refractivity contribution >= 4 is 15.9 Å². The summed E-state index contributed by atoms with van der Waals surface area (Å²) in [6, 6.07) is 6.65. The fraction of sp³-hybridized carbons (Fsp3) is 0.438. The number of hydrogen-bond acceptors (Lipinski definition) is 3. The minimum absolute atomic E-state index is 0.0367. The van der Waals surface area contributed by atoms with Gasteiger partial charge in [-0.05, 0) is 48.2 Å². The van der Waals surface area contributed by atoms with Gasteiger partial charge in [0.2, 0.25) is 0 Å². The van der Waals surface area contributed by atoms with E-state index >= 15 is 0 Å². The molecule has 1 unspecified atom stereocenters. The lowest BCUT2D eigenvalue weighted by atomic mass is 10.00. The number of halogens is 1. The standard InChI is InChI=1S/C16H23BrN4/c1-4-5-21-16(14(17)10-19-21)15(20-18)9-13-7-11(2)6-12(3)8-13/h6-8,10,15,20H,4-5,9,18H2,1-3H3. The second kappa shape index (κ2) is 7.20. The largest absolute Gasteiger partial charge is 0.271 e. The van der Waals surface area contributed by atoms with Crippen molar-refractivity contribution in [2.75, 3.05) is 0 Å². The highest BCUT2D eigenvalue weighted by Gasteiger charge is 2.19. The molecule has 2 rings (SSSR count). The summed E-state index contributed by atoms with van der Waals surface area (Å²) in [5.41, 5.74) is 7.89. The van der Waals surface area contributed by atoms with Crippen LogP contribution in [-0.2, 0) is 13.0 Å². The van der Waals surface area contributed by atoms with Crippen molar-refractivity contribution in [3.05, 3.63) is 51.3 Å². The van der Waals surface area contributed by atoms with E-state index in [4.69, 9.17) is 5.84 Å². The zero-order chi connectivity index (χ0) is 15.4. The van der Waals surface area contributed by atoms with Crippen molar-refractivity contribution in [2.24, 2.45) is 5.84 Å². The second-order valence-electron chi connectivity index (χ2n) is 5.52. The molecule has 1 aromatic heterocycles. The summed E-state index contributed by atoms with van der Waals surface area (Å²) < 4.78 is 3.03. The van der Waals surface area contributed by atoms with Crippen LogP contribution < -0.4 is 11.3 Å². The number of rotatable bonds is 6. The van der Waals surface area contributed by atoms with E-state index in [0.29, 0.717) is 0 Å². The summed E-state index contributed by atoms with van der Waals surface area (Å²) in [6.07, 6.45) is 3.73. The van der Waals surface area contributed by atoms with Gasteiger partial charge in [-0.25, -0.2) is 0 Å². The van der Waals surface area contributed by atoms with E-state index in [1.807, 2.05) is 10.9 Å². The van der Waals surface area contributed by atoms with Gasteiger partial charge in [-0.2, -0.15) is 5.10 Å². The highest BCUT2D eigenvalue weighted by atomic mass is 79.9. The number of nitrogens with zero attached hydrogens (tertiary/aromatic N) is 2. The van der Waals surface area contributed by atoms with Gasteiger partial charge < -0.3 is 0 Å². The molecule has 0 spiro atoms. The summed E-state index contributed by atoms with van der Waals surface area (Å²) in [5, 5.41) is 4.43. The first-order chi connectivity index (χ1) is 10.0. The van der Waals surface area contributed by atoms with Crippen LogP contribution in [0.5, 0.6) is 0 Å². The van der Waals surface area contributed by atoms with Gasteiger partial charge in [0, 0.05) is 6.54 Å². The molecular weight excluding hydrogens is 328 g/mol. The fourth-order valence-corrected chi connectivity index (χ4v) is 3.34. The SMILES string of the molecule is CCCn1ncc(Br)c1C(Cc1cc(C)cc(C)c1)NN. The molecule has 4 nitrogen and oxygen atoms in total. The molecule has 0 saturated carbocycles. The van der Waals surface area contributed by atoms with Gasteiger partial charge in [-0.1, -0.05) is 36.2 Å². The molecular formula is C16H23BrN4. The van der Waals surface area contributed by atoms with E-state index in [1.54, 1.807) is 0 Å². The smallest absolute Gasteiger partial charge is 0.0712 e. The maximum atomic E-state index is 5.81. The number of nitrogens with one attached hydrogen (secondary N) is 1. The van der Waals surface area contributed by atoms with Gasteiger partial charge in [0.15, 0.2) is 0 Å². The lowest BCUT2D eigenvalue weighted by molar-refractivity contribution is 0.476. The number of aromatic nitrogens is 2. The summed E-state index contributed by atoms with van der Waals surface area (Å²) in [7, 11) is 0. The predicted molar refractivity (Wildman–Crippen MR) is 89.9 cm³/mol. The first-order valence-corrected chi connectivity index (χ1v) is 8.09. The molecule has 0 saturated heterocycles. The van der Waals surface area contributed by atoms with Crippen molar-refractivity contribution in [1.29, 1.82) is 0 Å². The molecule has 3 N–H and O–H groups in total. The highest BCUT2D eigenvalue weighted by molar-refractivity contribution is 9.10. The quantitative estimate of drug-likeness (QED) is 0.619. The van der Waals surface area contributed by atoms with E-state index in [0.717, 1.165) is 29.6 Å². The van der Waals surface area contributed by atoms with Gasteiger partial charge >= 0.3 is 0 Å². The van der Waals surface area contributed by atoms with E-state index in [-0.39, 0.29) is 6.04 Å². The molecule has 21 heavy (non-hydrogen) atoms. The van der Waals surface area contributed by atoms with Crippen molar-refractivity contribution < 1.29 is 0 Å². The number of benzene rings is 1. The normalized spacial score (nSPS) is 12.6. The highest BCUT2D eigenvalue weighted by Crippen LogP contribution is 2.26. The van der Waals surface area contributed by atoms with Crippen LogP contribution in [-0.4, -0.2) is 9.78 Å². The Kier molecular flexibility index (Phi) is 5.56. The number of hydrazine groups is 1. The van der Waals surface area contributed by atoms with E-state index in [1.165, 1.54) is 16.7 Å². The minimum Gasteiger partial charge on any atom is -0.271 e. The molecule has 0 radical (unpaired) electrons. The summed E-state index contributed by atoms with van der Waals surface area (Å²) in [5.74, 6) is 5.81. The van der Waals surface area contributed by atoms with Crippen molar-refractivity contribution in [2.45, 2.75) is 46.2 Å². The van der Waals surface area contributed by atoms with Crippen LogP contribution in [0.15, 0.2) is 28.9 Å². The lowest BCUT2D eigenvalue weighted by Gasteiger charge is -2.19. The fourth-order valence-electron chi connectivity index (χ4n) is 2.77.